The van der Waals surface area contributed by atoms with Crippen LogP contribution < -0.4 is 4.74 Å². The fourth-order valence-corrected chi connectivity index (χ4v) is 2.91. The van der Waals surface area contributed by atoms with Gasteiger partial charge in [-0.05, 0) is 31.2 Å². The Morgan fingerprint density at radius 3 is 2.41 bits per heavy atom. The van der Waals surface area contributed by atoms with Crippen LogP contribution in [0.5, 0.6) is 5.75 Å². The zero-order valence-corrected chi connectivity index (χ0v) is 14.6. The van der Waals surface area contributed by atoms with Gasteiger partial charge in [-0.3, -0.25) is 14.8 Å². The minimum atomic E-state index is -2.50. The number of benzene rings is 2. The second kappa shape index (κ2) is 7.00. The first-order chi connectivity index (χ1) is 12.9. The van der Waals surface area contributed by atoms with Crippen molar-refractivity contribution in [3.05, 3.63) is 65.7 Å². The van der Waals surface area contributed by atoms with Gasteiger partial charge in [0, 0.05) is 5.56 Å². The van der Waals surface area contributed by atoms with E-state index in [4.69, 9.17) is 4.74 Å². The molecule has 2 aromatic carbocycles. The van der Waals surface area contributed by atoms with E-state index in [0.717, 1.165) is 0 Å². The SMILES string of the molecule is CON=C(C)C1(N(O)C(=O)c2ccccc2)C(=O)Oc2ccccc2C1=O. The van der Waals surface area contributed by atoms with Crippen molar-refractivity contribution in [2.24, 2.45) is 5.16 Å². The highest BCUT2D eigenvalue weighted by Crippen LogP contribution is 2.35. The molecule has 0 aromatic heterocycles. The van der Waals surface area contributed by atoms with Crippen LogP contribution in [0.2, 0.25) is 0 Å². The van der Waals surface area contributed by atoms with Crippen molar-refractivity contribution in [2.75, 3.05) is 7.11 Å². The number of rotatable bonds is 4. The first-order valence-corrected chi connectivity index (χ1v) is 7.97. The lowest BCUT2D eigenvalue weighted by atomic mass is 9.82. The number of hydroxylamine groups is 2. The molecule has 1 aliphatic rings. The topological polar surface area (TPSA) is 106 Å². The molecule has 138 valence electrons. The van der Waals surface area contributed by atoms with Gasteiger partial charge >= 0.3 is 5.97 Å². The summed E-state index contributed by atoms with van der Waals surface area (Å²) in [6.07, 6.45) is 0. The van der Waals surface area contributed by atoms with Gasteiger partial charge in [0.1, 0.15) is 18.6 Å². The molecule has 8 nitrogen and oxygen atoms in total. The Morgan fingerprint density at radius 2 is 1.74 bits per heavy atom. The van der Waals surface area contributed by atoms with Gasteiger partial charge in [-0.25, -0.2) is 4.79 Å². The van der Waals surface area contributed by atoms with E-state index in [-0.39, 0.29) is 27.7 Å². The number of carbonyl (C=O) groups is 3. The summed E-state index contributed by atoms with van der Waals surface area (Å²) in [5.41, 5.74) is -2.65. The minimum absolute atomic E-state index is 0.0302. The average Bonchev–Trinajstić information content (AvgIpc) is 2.68. The fraction of sp³-hybridized carbons (Fsp3) is 0.158. The smallest absolute Gasteiger partial charge is 0.354 e. The van der Waals surface area contributed by atoms with Crippen molar-refractivity contribution in [3.8, 4) is 5.75 Å². The summed E-state index contributed by atoms with van der Waals surface area (Å²) < 4.78 is 5.24. The maximum atomic E-state index is 13.3. The first kappa shape index (κ1) is 18.3. The molecule has 1 unspecified atom stereocenters. The number of fused-ring (bicyclic) bond motifs is 1. The fourth-order valence-electron chi connectivity index (χ4n) is 2.91. The Bertz CT molecular complexity index is 940. The van der Waals surface area contributed by atoms with Crippen molar-refractivity contribution in [1.29, 1.82) is 0 Å². The van der Waals surface area contributed by atoms with Gasteiger partial charge in [-0.1, -0.05) is 35.5 Å². The predicted molar refractivity (Wildman–Crippen MR) is 93.7 cm³/mol. The van der Waals surface area contributed by atoms with Crippen molar-refractivity contribution < 1.29 is 29.2 Å². The molecule has 0 saturated heterocycles. The Morgan fingerprint density at radius 1 is 1.11 bits per heavy atom. The molecular formula is C19H16N2O6. The van der Waals surface area contributed by atoms with Crippen LogP contribution in [0.25, 0.3) is 0 Å². The Labute approximate surface area is 154 Å². The molecule has 2 aromatic rings. The summed E-state index contributed by atoms with van der Waals surface area (Å²) >= 11 is 0. The minimum Gasteiger partial charge on any atom is -0.423 e. The van der Waals surface area contributed by atoms with E-state index < -0.39 is 23.2 Å². The summed E-state index contributed by atoms with van der Waals surface area (Å²) in [4.78, 5) is 43.6. The monoisotopic (exact) mass is 368 g/mol. The Kier molecular flexibility index (Phi) is 4.74. The van der Waals surface area contributed by atoms with Crippen molar-refractivity contribution in [1.82, 2.24) is 5.06 Å². The zero-order chi connectivity index (χ0) is 19.6. The summed E-state index contributed by atoms with van der Waals surface area (Å²) in [6.45, 7) is 1.29. The van der Waals surface area contributed by atoms with Crippen LogP contribution in [0.1, 0.15) is 27.6 Å². The lowest BCUT2D eigenvalue weighted by molar-refractivity contribution is -0.158. The molecular weight excluding hydrogens is 352 g/mol. The summed E-state index contributed by atoms with van der Waals surface area (Å²) in [5, 5.41) is 14.4. The number of para-hydroxylation sites is 1. The van der Waals surface area contributed by atoms with Crippen LogP contribution in [-0.4, -0.2) is 46.3 Å². The van der Waals surface area contributed by atoms with Crippen LogP contribution in [0, 0.1) is 0 Å². The van der Waals surface area contributed by atoms with Gasteiger partial charge in [-0.15, -0.1) is 0 Å². The summed E-state index contributed by atoms with van der Waals surface area (Å²) in [5.74, 6) is -2.93. The molecule has 1 amide bonds. The lowest BCUT2D eigenvalue weighted by Gasteiger charge is -2.38. The van der Waals surface area contributed by atoms with E-state index in [1.165, 1.54) is 38.3 Å². The number of ether oxygens (including phenoxy) is 1. The van der Waals surface area contributed by atoms with Gasteiger partial charge in [0.25, 0.3) is 11.4 Å². The van der Waals surface area contributed by atoms with Gasteiger partial charge in [0.05, 0.1) is 5.56 Å². The van der Waals surface area contributed by atoms with Crippen molar-refractivity contribution >= 4 is 23.4 Å². The quantitative estimate of drug-likeness (QED) is 0.221. The molecule has 1 aliphatic heterocycles. The van der Waals surface area contributed by atoms with E-state index >= 15 is 0 Å². The molecule has 0 spiro atoms. The number of nitrogens with zero attached hydrogens (tertiary/aromatic N) is 2. The largest absolute Gasteiger partial charge is 0.423 e. The van der Waals surface area contributed by atoms with Gasteiger partial charge in [0.2, 0.25) is 5.78 Å². The summed E-state index contributed by atoms with van der Waals surface area (Å²) in [7, 11) is 1.21. The van der Waals surface area contributed by atoms with Crippen molar-refractivity contribution in [2.45, 2.75) is 12.5 Å². The zero-order valence-electron chi connectivity index (χ0n) is 14.6. The third kappa shape index (κ3) is 2.76. The Hall–Kier alpha value is -3.52. The first-order valence-electron chi connectivity index (χ1n) is 7.97. The average molecular weight is 368 g/mol. The van der Waals surface area contributed by atoms with E-state index in [9.17, 15) is 19.6 Å². The van der Waals surface area contributed by atoms with E-state index in [1.54, 1.807) is 30.3 Å². The number of hydrogen-bond acceptors (Lipinski definition) is 7. The number of hydrogen-bond donors (Lipinski definition) is 1. The number of amides is 1. The number of carbonyl (C=O) groups excluding carboxylic acids is 3. The van der Waals surface area contributed by atoms with E-state index in [2.05, 4.69) is 9.99 Å². The highest BCUT2D eigenvalue weighted by Gasteiger charge is 2.61. The molecule has 0 aliphatic carbocycles. The molecule has 0 radical (unpaired) electrons. The molecule has 27 heavy (non-hydrogen) atoms. The summed E-state index contributed by atoms with van der Waals surface area (Å²) in [6, 6.07) is 13.8. The molecule has 0 bridgehead atoms. The van der Waals surface area contributed by atoms with Crippen LogP contribution >= 0.6 is 0 Å². The van der Waals surface area contributed by atoms with Gasteiger partial charge < -0.3 is 9.57 Å². The van der Waals surface area contributed by atoms with Crippen LogP contribution in [0.15, 0.2) is 59.8 Å². The predicted octanol–water partition coefficient (Wildman–Crippen LogP) is 2.08. The molecule has 1 heterocycles. The van der Waals surface area contributed by atoms with Crippen LogP contribution in [0.3, 0.4) is 0 Å². The second-order valence-electron chi connectivity index (χ2n) is 5.77. The molecule has 0 saturated carbocycles. The second-order valence-corrected chi connectivity index (χ2v) is 5.77. The third-order valence-corrected chi connectivity index (χ3v) is 4.24. The number of oxime groups is 1. The van der Waals surface area contributed by atoms with Crippen molar-refractivity contribution in [3.63, 3.8) is 0 Å². The number of Topliss-reactive ketones (excluding diaryl/α,β-unsaturated/α-hetero) is 1. The molecule has 1 atom stereocenters. The highest BCUT2D eigenvalue weighted by atomic mass is 16.6. The number of esters is 1. The molecule has 1 N–H and O–H groups in total. The number of ketones is 1. The third-order valence-electron chi connectivity index (χ3n) is 4.24. The molecule has 0 fully saturated rings. The molecule has 3 rings (SSSR count). The van der Waals surface area contributed by atoms with E-state index in [0.29, 0.717) is 0 Å². The molecule has 8 heteroatoms. The van der Waals surface area contributed by atoms with E-state index in [1.807, 2.05) is 0 Å². The van der Waals surface area contributed by atoms with Gasteiger partial charge in [-0.2, -0.15) is 5.06 Å². The standard InChI is InChI=1S/C19H16N2O6/c1-12(20-26-2)19(21(25)17(23)13-8-4-3-5-9-13)16(22)14-10-6-7-11-15(14)27-18(19)24/h3-11,25H,1-2H3. The van der Waals surface area contributed by atoms with Crippen LogP contribution in [-0.2, 0) is 9.63 Å². The lowest BCUT2D eigenvalue weighted by Crippen LogP contribution is -2.68. The normalized spacial score (nSPS) is 19.1. The maximum Gasteiger partial charge on any atom is 0.354 e. The maximum absolute atomic E-state index is 13.3. The van der Waals surface area contributed by atoms with Gasteiger partial charge in [0.15, 0.2) is 0 Å². The Balaban J connectivity index is 2.19. The highest BCUT2D eigenvalue weighted by molar-refractivity contribution is 6.36. The van der Waals surface area contributed by atoms with Crippen LogP contribution in [0.4, 0.5) is 0 Å².